The van der Waals surface area contributed by atoms with E-state index in [2.05, 4.69) is 5.32 Å². The van der Waals surface area contributed by atoms with E-state index in [1.54, 1.807) is 31.2 Å². The third-order valence-electron chi connectivity index (χ3n) is 5.48. The van der Waals surface area contributed by atoms with E-state index < -0.39 is 15.7 Å². The molecule has 0 bridgehead atoms. The van der Waals surface area contributed by atoms with E-state index in [0.717, 1.165) is 24.0 Å². The van der Waals surface area contributed by atoms with Gasteiger partial charge in [0, 0.05) is 6.54 Å². The third-order valence-corrected chi connectivity index (χ3v) is 7.26. The lowest BCUT2D eigenvalue weighted by atomic mass is 10.0. The van der Waals surface area contributed by atoms with Gasteiger partial charge in [-0.2, -0.15) is 0 Å². The van der Waals surface area contributed by atoms with Crippen molar-refractivity contribution in [3.05, 3.63) is 65.0 Å². The number of esters is 1. The molecule has 8 heteroatoms. The summed E-state index contributed by atoms with van der Waals surface area (Å²) >= 11 is 0. The fourth-order valence-electron chi connectivity index (χ4n) is 3.57. The molecular formula is C25H32FNO5S. The first kappa shape index (κ1) is 25.2. The molecule has 33 heavy (non-hydrogen) atoms. The first-order valence-electron chi connectivity index (χ1n) is 11.3. The number of hydrogen-bond donors (Lipinski definition) is 1. The van der Waals surface area contributed by atoms with Gasteiger partial charge in [-0.3, -0.25) is 4.79 Å². The van der Waals surface area contributed by atoms with Crippen LogP contribution < -0.4 is 10.1 Å². The lowest BCUT2D eigenvalue weighted by molar-refractivity contribution is -0.142. The van der Waals surface area contributed by atoms with E-state index >= 15 is 0 Å². The molecule has 0 unspecified atom stereocenters. The Balaban J connectivity index is 1.57. The Morgan fingerprint density at radius 2 is 1.94 bits per heavy atom. The zero-order valence-corrected chi connectivity index (χ0v) is 20.0. The van der Waals surface area contributed by atoms with Crippen molar-refractivity contribution in [3.8, 4) is 5.75 Å². The minimum Gasteiger partial charge on any atom is -0.490 e. The third kappa shape index (κ3) is 8.44. The molecule has 3 rings (SSSR count). The van der Waals surface area contributed by atoms with Gasteiger partial charge in [0.15, 0.2) is 21.4 Å². The summed E-state index contributed by atoms with van der Waals surface area (Å²) in [5.74, 6) is -0.502. The lowest BCUT2D eigenvalue weighted by Crippen LogP contribution is -2.24. The molecule has 2 aromatic rings. The van der Waals surface area contributed by atoms with Gasteiger partial charge < -0.3 is 14.8 Å². The summed E-state index contributed by atoms with van der Waals surface area (Å²) in [4.78, 5) is 11.4. The van der Waals surface area contributed by atoms with Crippen LogP contribution in [0.2, 0.25) is 0 Å². The molecule has 1 saturated carbocycles. The van der Waals surface area contributed by atoms with Crippen LogP contribution in [0, 0.1) is 11.7 Å². The highest BCUT2D eigenvalue weighted by Gasteiger charge is 2.23. The molecule has 0 aromatic heterocycles. The SMILES string of the molecule is CCOC(=O)CNCc1cccc(CS(=O)(=O)C[C@H](C)c2ccc(F)c(OCC3CC3)c2)c1. The zero-order valence-electron chi connectivity index (χ0n) is 19.2. The van der Waals surface area contributed by atoms with E-state index in [4.69, 9.17) is 9.47 Å². The number of ether oxygens (including phenoxy) is 2. The molecule has 0 spiro atoms. The number of carbonyl (C=O) groups excluding carboxylic acids is 1. The molecule has 2 aromatic carbocycles. The summed E-state index contributed by atoms with van der Waals surface area (Å²) in [5.41, 5.74) is 2.31. The maximum Gasteiger partial charge on any atom is 0.319 e. The fraction of sp³-hybridized carbons (Fsp3) is 0.480. The molecule has 0 aliphatic heterocycles. The highest BCUT2D eigenvalue weighted by molar-refractivity contribution is 7.90. The summed E-state index contributed by atoms with van der Waals surface area (Å²) < 4.78 is 50.3. The Bertz CT molecular complexity index is 1050. The summed E-state index contributed by atoms with van der Waals surface area (Å²) in [6.45, 7) is 4.93. The molecule has 0 amide bonds. The summed E-state index contributed by atoms with van der Waals surface area (Å²) in [5, 5.41) is 2.99. The minimum absolute atomic E-state index is 0.0496. The van der Waals surface area contributed by atoms with E-state index in [9.17, 15) is 17.6 Å². The molecule has 1 atom stereocenters. The Hall–Kier alpha value is -2.45. The Kier molecular flexibility index (Phi) is 8.86. The van der Waals surface area contributed by atoms with E-state index in [1.807, 2.05) is 19.1 Å². The van der Waals surface area contributed by atoms with Crippen LogP contribution in [-0.4, -0.2) is 39.9 Å². The topological polar surface area (TPSA) is 81.7 Å². The Labute approximate surface area is 195 Å². The van der Waals surface area contributed by atoms with Crippen LogP contribution in [0.1, 0.15) is 49.3 Å². The summed E-state index contributed by atoms with van der Waals surface area (Å²) in [7, 11) is -3.41. The molecule has 1 aliphatic carbocycles. The van der Waals surface area contributed by atoms with Gasteiger partial charge in [0.25, 0.3) is 0 Å². The average molecular weight is 478 g/mol. The Morgan fingerprint density at radius 3 is 2.67 bits per heavy atom. The van der Waals surface area contributed by atoms with E-state index in [1.165, 1.54) is 6.07 Å². The second-order valence-electron chi connectivity index (χ2n) is 8.63. The van der Waals surface area contributed by atoms with Crippen LogP contribution in [-0.2, 0) is 31.7 Å². The van der Waals surface area contributed by atoms with Crippen molar-refractivity contribution in [2.24, 2.45) is 5.92 Å². The van der Waals surface area contributed by atoms with Crippen molar-refractivity contribution in [1.29, 1.82) is 0 Å². The van der Waals surface area contributed by atoms with Crippen molar-refractivity contribution in [2.75, 3.05) is 25.5 Å². The molecule has 1 N–H and O–H groups in total. The standard InChI is InChI=1S/C25H32FNO5S/c1-3-31-25(28)14-27-13-20-5-4-6-21(11-20)17-33(29,30)16-18(2)22-9-10-23(26)24(12-22)32-15-19-7-8-19/h4-6,9-12,18-19,27H,3,7-8,13-17H2,1-2H3/t18-/m0/s1. The monoisotopic (exact) mass is 477 g/mol. The maximum absolute atomic E-state index is 14.1. The van der Waals surface area contributed by atoms with Crippen LogP contribution in [0.3, 0.4) is 0 Å². The van der Waals surface area contributed by atoms with Crippen LogP contribution >= 0.6 is 0 Å². The number of hydrogen-bond acceptors (Lipinski definition) is 6. The largest absolute Gasteiger partial charge is 0.490 e. The predicted molar refractivity (Wildman–Crippen MR) is 125 cm³/mol. The number of benzene rings is 2. The van der Waals surface area contributed by atoms with Gasteiger partial charge in [-0.1, -0.05) is 37.3 Å². The quantitative estimate of drug-likeness (QED) is 0.440. The highest BCUT2D eigenvalue weighted by Crippen LogP contribution is 2.31. The van der Waals surface area contributed by atoms with Gasteiger partial charge in [0.2, 0.25) is 0 Å². The number of sulfone groups is 1. The van der Waals surface area contributed by atoms with Crippen LogP contribution in [0.4, 0.5) is 4.39 Å². The van der Waals surface area contributed by atoms with Crippen molar-refractivity contribution >= 4 is 15.8 Å². The molecule has 1 fully saturated rings. The van der Waals surface area contributed by atoms with Gasteiger partial charge in [0.05, 0.1) is 31.3 Å². The second-order valence-corrected chi connectivity index (χ2v) is 10.7. The summed E-state index contributed by atoms with van der Waals surface area (Å²) in [6.07, 6.45) is 2.22. The normalized spacial score (nSPS) is 14.6. The van der Waals surface area contributed by atoms with Crippen molar-refractivity contribution in [2.45, 2.75) is 44.9 Å². The number of nitrogens with one attached hydrogen (secondary N) is 1. The molecule has 0 heterocycles. The molecule has 180 valence electrons. The van der Waals surface area contributed by atoms with E-state index in [-0.39, 0.29) is 35.7 Å². The van der Waals surface area contributed by atoms with Gasteiger partial charge >= 0.3 is 5.97 Å². The minimum atomic E-state index is -3.41. The lowest BCUT2D eigenvalue weighted by Gasteiger charge is -2.15. The number of carbonyl (C=O) groups is 1. The molecule has 1 aliphatic rings. The molecule has 0 radical (unpaired) electrons. The maximum atomic E-state index is 14.1. The first-order chi connectivity index (χ1) is 15.8. The van der Waals surface area contributed by atoms with Crippen LogP contribution in [0.15, 0.2) is 42.5 Å². The van der Waals surface area contributed by atoms with Gasteiger partial charge in [0.1, 0.15) is 0 Å². The van der Waals surface area contributed by atoms with Gasteiger partial charge in [-0.25, -0.2) is 12.8 Å². The van der Waals surface area contributed by atoms with Crippen molar-refractivity contribution in [3.63, 3.8) is 0 Å². The second kappa shape index (κ2) is 11.6. The fourth-order valence-corrected chi connectivity index (χ4v) is 5.33. The van der Waals surface area contributed by atoms with Gasteiger partial charge in [-0.15, -0.1) is 0 Å². The average Bonchev–Trinajstić information content (AvgIpc) is 3.57. The Morgan fingerprint density at radius 1 is 1.18 bits per heavy atom. The molecule has 6 nitrogen and oxygen atoms in total. The van der Waals surface area contributed by atoms with E-state index in [0.29, 0.717) is 31.2 Å². The molecular weight excluding hydrogens is 445 g/mol. The smallest absolute Gasteiger partial charge is 0.319 e. The first-order valence-corrected chi connectivity index (χ1v) is 13.1. The molecule has 0 saturated heterocycles. The van der Waals surface area contributed by atoms with Crippen LogP contribution in [0.25, 0.3) is 0 Å². The van der Waals surface area contributed by atoms with Crippen molar-refractivity contribution < 1.29 is 27.1 Å². The van der Waals surface area contributed by atoms with Crippen LogP contribution in [0.5, 0.6) is 5.75 Å². The summed E-state index contributed by atoms with van der Waals surface area (Å²) in [6, 6.07) is 11.9. The highest BCUT2D eigenvalue weighted by atomic mass is 32.2. The zero-order chi connectivity index (χ0) is 23.8. The number of halogens is 1. The number of rotatable bonds is 13. The predicted octanol–water partition coefficient (Wildman–Crippen LogP) is 3.99. The van der Waals surface area contributed by atoms with Gasteiger partial charge in [-0.05, 0) is 60.4 Å². The van der Waals surface area contributed by atoms with Crippen molar-refractivity contribution in [1.82, 2.24) is 5.32 Å².